The Balaban J connectivity index is 3.09. The Morgan fingerprint density at radius 1 is 1.17 bits per heavy atom. The summed E-state index contributed by atoms with van der Waals surface area (Å²) in [4.78, 5) is 0. The lowest BCUT2D eigenvalue weighted by Gasteiger charge is -2.25. The fourth-order valence-corrected chi connectivity index (χ4v) is 1.89. The maximum absolute atomic E-state index is 13.7. The van der Waals surface area contributed by atoms with Crippen molar-refractivity contribution in [2.75, 3.05) is 13.2 Å². The zero-order valence-electron chi connectivity index (χ0n) is 10.8. The molecule has 0 radical (unpaired) electrons. The molecule has 2 nitrogen and oxygen atoms in total. The first kappa shape index (κ1) is 15.0. The summed E-state index contributed by atoms with van der Waals surface area (Å²) in [7, 11) is 0. The Hall–Kier alpha value is -1.07. The molecule has 102 valence electrons. The predicted octanol–water partition coefficient (Wildman–Crippen LogP) is 3.18. The van der Waals surface area contributed by atoms with Gasteiger partial charge in [0, 0.05) is 12.2 Å². The molecule has 0 spiro atoms. The van der Waals surface area contributed by atoms with E-state index in [1.807, 2.05) is 13.8 Å². The summed E-state index contributed by atoms with van der Waals surface area (Å²) in [6, 6.07) is 1.66. The van der Waals surface area contributed by atoms with Gasteiger partial charge in [-0.3, -0.25) is 0 Å². The summed E-state index contributed by atoms with van der Waals surface area (Å²) in [6.07, 6.45) is -0.339. The molecule has 1 aromatic carbocycles. The number of likely N-dealkylation sites (N-methyl/N-ethyl adjacent to an activating group) is 1. The molecule has 0 fully saturated rings. The van der Waals surface area contributed by atoms with Crippen molar-refractivity contribution in [1.82, 2.24) is 5.32 Å². The average Bonchev–Trinajstić information content (AvgIpc) is 2.34. The number of nitrogens with one attached hydrogen (secondary N) is 1. The van der Waals surface area contributed by atoms with Crippen molar-refractivity contribution in [3.05, 3.63) is 35.1 Å². The lowest BCUT2D eigenvalue weighted by Crippen LogP contribution is -2.33. The number of ether oxygens (including phenoxy) is 1. The van der Waals surface area contributed by atoms with Crippen LogP contribution in [0.3, 0.4) is 0 Å². The third kappa shape index (κ3) is 3.23. The Labute approximate surface area is 105 Å². The minimum absolute atomic E-state index is 0.0803. The van der Waals surface area contributed by atoms with Crippen molar-refractivity contribution in [2.45, 2.75) is 32.9 Å². The SMILES string of the molecule is CCNC(c1ccc(F)c(F)c1F)C(C)OCC. The molecule has 0 aliphatic heterocycles. The Kier molecular flexibility index (Phi) is 5.62. The van der Waals surface area contributed by atoms with Crippen LogP contribution in [-0.4, -0.2) is 19.3 Å². The molecule has 5 heteroatoms. The van der Waals surface area contributed by atoms with Crippen LogP contribution in [0, 0.1) is 17.5 Å². The molecule has 0 bridgehead atoms. The van der Waals surface area contributed by atoms with Gasteiger partial charge in [-0.25, -0.2) is 13.2 Å². The molecule has 0 aliphatic rings. The van der Waals surface area contributed by atoms with Gasteiger partial charge in [0.05, 0.1) is 12.1 Å². The van der Waals surface area contributed by atoms with Gasteiger partial charge in [0.15, 0.2) is 17.5 Å². The molecule has 1 aromatic rings. The molecule has 2 atom stereocenters. The van der Waals surface area contributed by atoms with E-state index < -0.39 is 23.5 Å². The first-order valence-corrected chi connectivity index (χ1v) is 6.01. The zero-order chi connectivity index (χ0) is 13.7. The number of halogens is 3. The van der Waals surface area contributed by atoms with Crippen LogP contribution in [0.4, 0.5) is 13.2 Å². The molecule has 1 rings (SSSR count). The van der Waals surface area contributed by atoms with Crippen LogP contribution in [0.5, 0.6) is 0 Å². The number of hydrogen-bond donors (Lipinski definition) is 1. The molecule has 0 saturated carbocycles. The van der Waals surface area contributed by atoms with Crippen LogP contribution in [0.2, 0.25) is 0 Å². The second-order valence-electron chi connectivity index (χ2n) is 3.96. The third-order valence-corrected chi connectivity index (χ3v) is 2.72. The Bertz CT molecular complexity index is 398. The first-order chi connectivity index (χ1) is 8.52. The highest BCUT2D eigenvalue weighted by atomic mass is 19.2. The summed E-state index contributed by atoms with van der Waals surface area (Å²) < 4.78 is 45.2. The minimum atomic E-state index is -1.45. The summed E-state index contributed by atoms with van der Waals surface area (Å²) in [5.74, 6) is -3.79. The minimum Gasteiger partial charge on any atom is -0.377 e. The Morgan fingerprint density at radius 3 is 2.39 bits per heavy atom. The largest absolute Gasteiger partial charge is 0.377 e. The van der Waals surface area contributed by atoms with E-state index in [1.54, 1.807) is 6.92 Å². The fourth-order valence-electron chi connectivity index (χ4n) is 1.89. The molecule has 0 aromatic heterocycles. The van der Waals surface area contributed by atoms with E-state index in [4.69, 9.17) is 4.74 Å². The van der Waals surface area contributed by atoms with E-state index in [-0.39, 0.29) is 11.7 Å². The molecular formula is C13H18F3NO. The molecule has 18 heavy (non-hydrogen) atoms. The highest BCUT2D eigenvalue weighted by molar-refractivity contribution is 5.24. The van der Waals surface area contributed by atoms with E-state index in [0.29, 0.717) is 13.2 Å². The van der Waals surface area contributed by atoms with Crippen LogP contribution < -0.4 is 5.32 Å². The molecule has 0 heterocycles. The topological polar surface area (TPSA) is 21.3 Å². The van der Waals surface area contributed by atoms with Crippen LogP contribution in [-0.2, 0) is 4.74 Å². The van der Waals surface area contributed by atoms with E-state index in [0.717, 1.165) is 6.07 Å². The second-order valence-corrected chi connectivity index (χ2v) is 3.96. The van der Waals surface area contributed by atoms with Crippen molar-refractivity contribution in [3.63, 3.8) is 0 Å². The zero-order valence-corrected chi connectivity index (χ0v) is 10.8. The monoisotopic (exact) mass is 261 g/mol. The van der Waals surface area contributed by atoms with Crippen molar-refractivity contribution in [1.29, 1.82) is 0 Å². The van der Waals surface area contributed by atoms with E-state index >= 15 is 0 Å². The fraction of sp³-hybridized carbons (Fsp3) is 0.538. The second kappa shape index (κ2) is 6.75. The first-order valence-electron chi connectivity index (χ1n) is 6.01. The molecule has 2 unspecified atom stereocenters. The van der Waals surface area contributed by atoms with Crippen LogP contribution in [0.25, 0.3) is 0 Å². The average molecular weight is 261 g/mol. The number of hydrogen-bond acceptors (Lipinski definition) is 2. The highest BCUT2D eigenvalue weighted by Crippen LogP contribution is 2.25. The number of rotatable bonds is 6. The van der Waals surface area contributed by atoms with E-state index in [2.05, 4.69) is 5.32 Å². The third-order valence-electron chi connectivity index (χ3n) is 2.72. The summed E-state index contributed by atoms with van der Waals surface area (Å²) in [5, 5.41) is 3.02. The van der Waals surface area contributed by atoms with Gasteiger partial charge >= 0.3 is 0 Å². The van der Waals surface area contributed by atoms with Crippen LogP contribution in [0.15, 0.2) is 12.1 Å². The van der Waals surface area contributed by atoms with Gasteiger partial charge < -0.3 is 10.1 Å². The lowest BCUT2D eigenvalue weighted by atomic mass is 10.0. The van der Waals surface area contributed by atoms with Gasteiger partial charge in [-0.05, 0) is 26.5 Å². The Morgan fingerprint density at radius 2 is 1.83 bits per heavy atom. The van der Waals surface area contributed by atoms with Gasteiger partial charge in [0.2, 0.25) is 0 Å². The van der Waals surface area contributed by atoms with E-state index in [9.17, 15) is 13.2 Å². The van der Waals surface area contributed by atoms with Gasteiger partial charge in [0.25, 0.3) is 0 Å². The molecule has 1 N–H and O–H groups in total. The standard InChI is InChI=1S/C13H18F3NO/c1-4-17-13(8(3)18-5-2)9-6-7-10(14)12(16)11(9)15/h6-8,13,17H,4-5H2,1-3H3. The van der Waals surface area contributed by atoms with Gasteiger partial charge in [-0.1, -0.05) is 13.0 Å². The van der Waals surface area contributed by atoms with E-state index in [1.165, 1.54) is 6.07 Å². The molecule has 0 amide bonds. The van der Waals surface area contributed by atoms with Crippen molar-refractivity contribution >= 4 is 0 Å². The number of benzene rings is 1. The maximum atomic E-state index is 13.7. The van der Waals surface area contributed by atoms with Crippen LogP contribution in [0.1, 0.15) is 32.4 Å². The van der Waals surface area contributed by atoms with Gasteiger partial charge in [-0.15, -0.1) is 0 Å². The van der Waals surface area contributed by atoms with Crippen molar-refractivity contribution < 1.29 is 17.9 Å². The summed E-state index contributed by atoms with van der Waals surface area (Å²) in [6.45, 7) is 6.47. The predicted molar refractivity (Wildman–Crippen MR) is 63.8 cm³/mol. The maximum Gasteiger partial charge on any atom is 0.194 e. The summed E-state index contributed by atoms with van der Waals surface area (Å²) in [5.41, 5.74) is 0.0803. The van der Waals surface area contributed by atoms with Gasteiger partial charge in [0.1, 0.15) is 0 Å². The van der Waals surface area contributed by atoms with Crippen molar-refractivity contribution in [2.24, 2.45) is 0 Å². The van der Waals surface area contributed by atoms with Crippen molar-refractivity contribution in [3.8, 4) is 0 Å². The molecular weight excluding hydrogens is 243 g/mol. The summed E-state index contributed by atoms with van der Waals surface area (Å²) >= 11 is 0. The molecule has 0 aliphatic carbocycles. The molecule has 0 saturated heterocycles. The lowest BCUT2D eigenvalue weighted by molar-refractivity contribution is 0.0465. The van der Waals surface area contributed by atoms with Gasteiger partial charge in [-0.2, -0.15) is 0 Å². The highest BCUT2D eigenvalue weighted by Gasteiger charge is 2.25. The smallest absolute Gasteiger partial charge is 0.194 e. The normalized spacial score (nSPS) is 14.6. The quantitative estimate of drug-likeness (QED) is 0.794. The van der Waals surface area contributed by atoms with Crippen LogP contribution >= 0.6 is 0 Å².